The SMILES string of the molecule is C[C@@H](CS(N)(=O)=O)C(=O)NCCSc1nonc1C(=N)Nc1ccc(F)c(C(F)F)c1. The minimum Gasteiger partial charge on any atom is -0.355 e. The van der Waals surface area contributed by atoms with E-state index in [1.165, 1.54) is 13.0 Å². The fraction of sp³-hybridized carbons (Fsp3) is 0.375. The van der Waals surface area contributed by atoms with E-state index in [1.807, 2.05) is 0 Å². The second-order valence-corrected chi connectivity index (χ2v) is 9.07. The Kier molecular flexibility index (Phi) is 8.41. The number of sulfonamides is 1. The van der Waals surface area contributed by atoms with Crippen molar-refractivity contribution in [1.82, 2.24) is 15.6 Å². The predicted molar refractivity (Wildman–Crippen MR) is 107 cm³/mol. The molecule has 0 radical (unpaired) electrons. The van der Waals surface area contributed by atoms with Crippen LogP contribution in [0, 0.1) is 17.1 Å². The molecule has 5 N–H and O–H groups in total. The van der Waals surface area contributed by atoms with Crippen molar-refractivity contribution in [2.24, 2.45) is 11.1 Å². The summed E-state index contributed by atoms with van der Waals surface area (Å²) < 4.78 is 65.7. The van der Waals surface area contributed by atoms with Crippen molar-refractivity contribution in [3.8, 4) is 0 Å². The van der Waals surface area contributed by atoms with E-state index < -0.39 is 45.4 Å². The Morgan fingerprint density at radius 2 is 2.06 bits per heavy atom. The first-order valence-corrected chi connectivity index (χ1v) is 11.3. The average molecular weight is 480 g/mol. The first kappa shape index (κ1) is 24.6. The normalized spacial score (nSPS) is 12.6. The highest BCUT2D eigenvalue weighted by Gasteiger charge is 2.20. The zero-order chi connectivity index (χ0) is 23.2. The molecule has 1 aromatic heterocycles. The van der Waals surface area contributed by atoms with E-state index >= 15 is 0 Å². The van der Waals surface area contributed by atoms with Crippen LogP contribution in [0.15, 0.2) is 27.9 Å². The fourth-order valence-electron chi connectivity index (χ4n) is 2.34. The first-order valence-electron chi connectivity index (χ1n) is 8.65. The molecule has 0 unspecified atom stereocenters. The number of nitrogens with zero attached hydrogens (tertiary/aromatic N) is 2. The van der Waals surface area contributed by atoms with Crippen LogP contribution in [-0.4, -0.2) is 48.5 Å². The smallest absolute Gasteiger partial charge is 0.266 e. The minimum absolute atomic E-state index is 0.0122. The van der Waals surface area contributed by atoms with Gasteiger partial charge in [-0.25, -0.2) is 31.4 Å². The molecule has 0 saturated heterocycles. The number of amidine groups is 1. The number of thioether (sulfide) groups is 1. The van der Waals surface area contributed by atoms with E-state index in [4.69, 9.17) is 10.5 Å². The van der Waals surface area contributed by atoms with Crippen molar-refractivity contribution < 1.29 is 31.0 Å². The summed E-state index contributed by atoms with van der Waals surface area (Å²) >= 11 is 1.08. The summed E-state index contributed by atoms with van der Waals surface area (Å²) in [5, 5.41) is 25.4. The highest BCUT2D eigenvalue weighted by Crippen LogP contribution is 2.26. The van der Waals surface area contributed by atoms with Crippen molar-refractivity contribution in [1.29, 1.82) is 5.41 Å². The molecule has 1 aromatic carbocycles. The number of hydrogen-bond donors (Lipinski definition) is 4. The Bertz CT molecular complexity index is 1050. The van der Waals surface area contributed by atoms with Gasteiger partial charge in [0, 0.05) is 18.0 Å². The van der Waals surface area contributed by atoms with Crippen LogP contribution < -0.4 is 15.8 Å². The molecule has 0 aliphatic rings. The highest BCUT2D eigenvalue weighted by molar-refractivity contribution is 7.99. The zero-order valence-corrected chi connectivity index (χ0v) is 17.7. The lowest BCUT2D eigenvalue weighted by atomic mass is 10.2. The first-order chi connectivity index (χ1) is 14.5. The monoisotopic (exact) mass is 480 g/mol. The molecule has 1 heterocycles. The van der Waals surface area contributed by atoms with Crippen LogP contribution in [-0.2, 0) is 14.8 Å². The number of anilines is 1. The van der Waals surface area contributed by atoms with Gasteiger partial charge in [-0.15, -0.1) is 0 Å². The van der Waals surface area contributed by atoms with Crippen LogP contribution in [0.25, 0.3) is 0 Å². The number of alkyl halides is 2. The lowest BCUT2D eigenvalue weighted by molar-refractivity contribution is -0.123. The van der Waals surface area contributed by atoms with E-state index in [1.54, 1.807) is 0 Å². The molecule has 0 bridgehead atoms. The number of nitrogens with one attached hydrogen (secondary N) is 3. The molecule has 0 saturated carbocycles. The Morgan fingerprint density at radius 1 is 1.35 bits per heavy atom. The molecule has 170 valence electrons. The fourth-order valence-corrected chi connectivity index (χ4v) is 3.95. The van der Waals surface area contributed by atoms with Crippen LogP contribution in [0.1, 0.15) is 24.6 Å². The van der Waals surface area contributed by atoms with Crippen LogP contribution in [0.5, 0.6) is 0 Å². The molecule has 0 fully saturated rings. The van der Waals surface area contributed by atoms with Crippen LogP contribution in [0.3, 0.4) is 0 Å². The van der Waals surface area contributed by atoms with Gasteiger partial charge in [-0.1, -0.05) is 18.7 Å². The van der Waals surface area contributed by atoms with Gasteiger partial charge in [0.25, 0.3) is 6.43 Å². The maximum atomic E-state index is 13.4. The number of amides is 1. The number of rotatable bonds is 10. The molecule has 0 aliphatic carbocycles. The lowest BCUT2D eigenvalue weighted by Crippen LogP contribution is -2.35. The molecule has 1 amide bonds. The summed E-state index contributed by atoms with van der Waals surface area (Å²) in [4.78, 5) is 11.8. The van der Waals surface area contributed by atoms with Gasteiger partial charge in [-0.3, -0.25) is 10.2 Å². The van der Waals surface area contributed by atoms with Crippen LogP contribution in [0.2, 0.25) is 0 Å². The number of benzene rings is 1. The largest absolute Gasteiger partial charge is 0.355 e. The number of aromatic nitrogens is 2. The number of carbonyl (C=O) groups excluding carboxylic acids is 1. The van der Waals surface area contributed by atoms with Crippen molar-refractivity contribution in [2.75, 3.05) is 23.4 Å². The Morgan fingerprint density at radius 3 is 2.71 bits per heavy atom. The molecular weight excluding hydrogens is 461 g/mol. The zero-order valence-electron chi connectivity index (χ0n) is 16.1. The second-order valence-electron chi connectivity index (χ2n) is 6.33. The quantitative estimate of drug-likeness (QED) is 0.173. The summed E-state index contributed by atoms with van der Waals surface area (Å²) in [5.74, 6) is -2.89. The summed E-state index contributed by atoms with van der Waals surface area (Å²) in [6.07, 6.45) is -3.02. The van der Waals surface area contributed by atoms with E-state index in [2.05, 4.69) is 25.6 Å². The molecule has 0 spiro atoms. The molecular formula is C16H19F3N6O4S2. The molecule has 15 heteroatoms. The summed E-state index contributed by atoms with van der Waals surface area (Å²) in [6, 6.07) is 2.93. The van der Waals surface area contributed by atoms with Gasteiger partial charge in [0.2, 0.25) is 15.9 Å². The van der Waals surface area contributed by atoms with Gasteiger partial charge in [0.05, 0.1) is 17.2 Å². The number of nitrogens with two attached hydrogens (primary N) is 1. The molecule has 1 atom stereocenters. The molecule has 31 heavy (non-hydrogen) atoms. The second kappa shape index (κ2) is 10.6. The van der Waals surface area contributed by atoms with Crippen LogP contribution in [0.4, 0.5) is 18.9 Å². The number of primary sulfonamides is 1. The average Bonchev–Trinajstić information content (AvgIpc) is 3.13. The van der Waals surface area contributed by atoms with Crippen molar-refractivity contribution >= 4 is 39.2 Å². The van der Waals surface area contributed by atoms with Gasteiger partial charge in [-0.2, -0.15) is 0 Å². The Balaban J connectivity index is 1.90. The number of halogens is 3. The lowest BCUT2D eigenvalue weighted by Gasteiger charge is -2.11. The van der Waals surface area contributed by atoms with E-state index in [0.717, 1.165) is 23.9 Å². The summed E-state index contributed by atoms with van der Waals surface area (Å²) in [6.45, 7) is 1.58. The Hall–Kier alpha value is -2.65. The standard InChI is InChI=1S/C16H19F3N6O4S2/c1-8(7-31(21,27)28)15(26)22-4-5-30-16-12(24-29-25-16)14(20)23-9-2-3-11(17)10(6-9)13(18)19/h2-3,6,8,13H,4-5,7H2,1H3,(H2,20,23)(H,22,26)(H2,21,27,28)/t8-/m0/s1. The van der Waals surface area contributed by atoms with Gasteiger partial charge in [0.15, 0.2) is 16.6 Å². The maximum Gasteiger partial charge on any atom is 0.266 e. The van der Waals surface area contributed by atoms with Crippen LogP contribution >= 0.6 is 11.8 Å². The summed E-state index contributed by atoms with van der Waals surface area (Å²) in [5.41, 5.74) is -0.767. The van der Waals surface area contributed by atoms with E-state index in [0.29, 0.717) is 0 Å². The van der Waals surface area contributed by atoms with Gasteiger partial charge in [0.1, 0.15) is 5.82 Å². The van der Waals surface area contributed by atoms with Gasteiger partial charge < -0.3 is 10.6 Å². The predicted octanol–water partition coefficient (Wildman–Crippen LogP) is 1.72. The maximum absolute atomic E-state index is 13.4. The molecule has 0 aliphatic heterocycles. The highest BCUT2D eigenvalue weighted by atomic mass is 32.2. The topological polar surface area (TPSA) is 164 Å². The van der Waals surface area contributed by atoms with Crippen molar-refractivity contribution in [3.05, 3.63) is 35.3 Å². The Labute approximate surface area is 179 Å². The van der Waals surface area contributed by atoms with E-state index in [-0.39, 0.29) is 34.5 Å². The van der Waals surface area contributed by atoms with Crippen molar-refractivity contribution in [2.45, 2.75) is 18.4 Å². The van der Waals surface area contributed by atoms with E-state index in [9.17, 15) is 26.4 Å². The third kappa shape index (κ3) is 7.52. The molecule has 2 aromatic rings. The third-order valence-corrected chi connectivity index (χ3v) is 5.68. The molecule has 2 rings (SSSR count). The number of hydrogen-bond acceptors (Lipinski definition) is 8. The van der Waals surface area contributed by atoms with Gasteiger partial charge in [-0.05, 0) is 28.5 Å². The third-order valence-electron chi connectivity index (χ3n) is 3.77. The van der Waals surface area contributed by atoms with Crippen molar-refractivity contribution in [3.63, 3.8) is 0 Å². The summed E-state index contributed by atoms with van der Waals surface area (Å²) in [7, 11) is -3.78. The van der Waals surface area contributed by atoms with Gasteiger partial charge >= 0.3 is 0 Å². The minimum atomic E-state index is -3.78. The number of carbonyl (C=O) groups is 1. The molecule has 10 nitrogen and oxygen atoms in total.